The summed E-state index contributed by atoms with van der Waals surface area (Å²) < 4.78 is 56.9. The fraction of sp³-hybridized carbons (Fsp3) is 0.308. The molecule has 2 aliphatic rings. The lowest BCUT2D eigenvalue weighted by molar-refractivity contribution is -0.161. The third-order valence-corrected chi connectivity index (χ3v) is 7.15. The second-order valence-electron chi connectivity index (χ2n) is 8.78. The Kier molecular flexibility index (Phi) is 5.49. The zero-order valence-corrected chi connectivity index (χ0v) is 19.2. The standard InChI is InChI=1S/C26H22F3NO6/c1-34-17-12-30-13-18-21(17)24(33)22(31)19(23(32)35-2)20(14-6-4-3-5-7-14)25(24,36-18)15-8-10-16(11-9-15)26(27,28)29/h3-13,19-20,22,31,33H,1-2H3/t19-,20-,22-,24+,25+/m1/s1. The molecule has 2 heterocycles. The summed E-state index contributed by atoms with van der Waals surface area (Å²) in [5.74, 6) is -3.07. The van der Waals surface area contributed by atoms with Gasteiger partial charge in [-0.2, -0.15) is 13.2 Å². The minimum atomic E-state index is -4.60. The van der Waals surface area contributed by atoms with E-state index in [1.54, 1.807) is 30.3 Å². The number of alkyl halides is 3. The number of aliphatic hydroxyl groups is 2. The van der Waals surface area contributed by atoms with Gasteiger partial charge in [0.2, 0.25) is 0 Å². The van der Waals surface area contributed by atoms with Gasteiger partial charge in [-0.05, 0) is 23.3 Å². The molecule has 36 heavy (non-hydrogen) atoms. The van der Waals surface area contributed by atoms with Crippen LogP contribution in [0.4, 0.5) is 13.2 Å². The lowest BCUT2D eigenvalue weighted by Crippen LogP contribution is -2.52. The molecule has 10 heteroatoms. The fourth-order valence-corrected chi connectivity index (χ4v) is 5.70. The maximum Gasteiger partial charge on any atom is 0.416 e. The molecule has 2 aromatic carbocycles. The summed E-state index contributed by atoms with van der Waals surface area (Å²) in [5, 5.41) is 24.1. The van der Waals surface area contributed by atoms with Gasteiger partial charge in [-0.25, -0.2) is 0 Å². The SMILES string of the molecule is COC(=O)[C@H]1[C@@H](O)[C@@]2(O)c3c(OC)cncc3O[C@@]2(c2ccc(C(F)(F)F)cc2)[C@@H]1c1ccccc1. The third kappa shape index (κ3) is 3.07. The fourth-order valence-electron chi connectivity index (χ4n) is 5.70. The number of hydrogen-bond donors (Lipinski definition) is 2. The zero-order chi connectivity index (χ0) is 25.9. The summed E-state index contributed by atoms with van der Waals surface area (Å²) in [4.78, 5) is 17.1. The molecule has 0 spiro atoms. The van der Waals surface area contributed by atoms with Crippen LogP contribution in [0.1, 0.15) is 28.2 Å². The Balaban J connectivity index is 1.86. The van der Waals surface area contributed by atoms with Crippen LogP contribution in [0.2, 0.25) is 0 Å². The van der Waals surface area contributed by atoms with Crippen molar-refractivity contribution in [3.8, 4) is 11.5 Å². The number of aliphatic hydroxyl groups excluding tert-OH is 1. The van der Waals surface area contributed by atoms with Gasteiger partial charge >= 0.3 is 12.1 Å². The summed E-state index contributed by atoms with van der Waals surface area (Å²) >= 11 is 0. The Hall–Kier alpha value is -3.63. The average Bonchev–Trinajstić information content (AvgIpc) is 3.26. The molecular formula is C26H22F3NO6. The van der Waals surface area contributed by atoms with E-state index in [1.807, 2.05) is 0 Å². The average molecular weight is 501 g/mol. The molecule has 0 bridgehead atoms. The van der Waals surface area contributed by atoms with Crippen molar-refractivity contribution in [3.05, 3.63) is 89.2 Å². The number of rotatable bonds is 4. The van der Waals surface area contributed by atoms with Crippen molar-refractivity contribution in [3.63, 3.8) is 0 Å². The first-order chi connectivity index (χ1) is 17.1. The Morgan fingerprint density at radius 2 is 1.72 bits per heavy atom. The van der Waals surface area contributed by atoms with Crippen LogP contribution in [0.25, 0.3) is 0 Å². The molecule has 1 aromatic heterocycles. The summed E-state index contributed by atoms with van der Waals surface area (Å²) in [7, 11) is 2.49. The Morgan fingerprint density at radius 1 is 1.06 bits per heavy atom. The first-order valence-corrected chi connectivity index (χ1v) is 11.0. The summed E-state index contributed by atoms with van der Waals surface area (Å²) in [6.07, 6.45) is -3.74. The number of carbonyl (C=O) groups excluding carboxylic acids is 1. The van der Waals surface area contributed by atoms with E-state index < -0.39 is 46.9 Å². The van der Waals surface area contributed by atoms with Crippen molar-refractivity contribution < 1.29 is 42.4 Å². The van der Waals surface area contributed by atoms with Crippen molar-refractivity contribution in [2.24, 2.45) is 5.92 Å². The maximum absolute atomic E-state index is 13.4. The number of nitrogens with zero attached hydrogens (tertiary/aromatic N) is 1. The minimum absolute atomic E-state index is 0.0414. The summed E-state index contributed by atoms with van der Waals surface area (Å²) in [6, 6.07) is 12.6. The predicted octanol–water partition coefficient (Wildman–Crippen LogP) is 3.53. The molecule has 0 unspecified atom stereocenters. The first kappa shape index (κ1) is 24.1. The number of carbonyl (C=O) groups is 1. The number of pyridine rings is 1. The smallest absolute Gasteiger partial charge is 0.416 e. The number of halogens is 3. The zero-order valence-electron chi connectivity index (χ0n) is 19.2. The highest BCUT2D eigenvalue weighted by Crippen LogP contribution is 2.69. The van der Waals surface area contributed by atoms with Crippen molar-refractivity contribution >= 4 is 5.97 Å². The highest BCUT2D eigenvalue weighted by atomic mass is 19.4. The molecule has 1 fully saturated rings. The normalized spacial score (nSPS) is 28.7. The van der Waals surface area contributed by atoms with Crippen LogP contribution < -0.4 is 9.47 Å². The number of fused-ring (bicyclic) bond motifs is 3. The van der Waals surface area contributed by atoms with Gasteiger partial charge in [0.1, 0.15) is 17.6 Å². The predicted molar refractivity (Wildman–Crippen MR) is 119 cm³/mol. The van der Waals surface area contributed by atoms with Crippen LogP contribution >= 0.6 is 0 Å². The lowest BCUT2D eigenvalue weighted by atomic mass is 9.70. The first-order valence-electron chi connectivity index (χ1n) is 11.0. The number of aromatic nitrogens is 1. The van der Waals surface area contributed by atoms with Crippen molar-refractivity contribution in [2.75, 3.05) is 14.2 Å². The number of esters is 1. The van der Waals surface area contributed by atoms with E-state index in [-0.39, 0.29) is 22.6 Å². The van der Waals surface area contributed by atoms with Gasteiger partial charge in [-0.15, -0.1) is 0 Å². The van der Waals surface area contributed by atoms with Crippen LogP contribution in [0.5, 0.6) is 11.5 Å². The van der Waals surface area contributed by atoms with Crippen molar-refractivity contribution in [2.45, 2.75) is 29.4 Å². The second kappa shape index (κ2) is 8.21. The Bertz CT molecular complexity index is 1300. The quantitative estimate of drug-likeness (QED) is 0.528. The molecule has 5 atom stereocenters. The Morgan fingerprint density at radius 3 is 2.31 bits per heavy atom. The van der Waals surface area contributed by atoms with E-state index >= 15 is 0 Å². The molecule has 3 aromatic rings. The van der Waals surface area contributed by atoms with Crippen LogP contribution in [0.15, 0.2) is 67.0 Å². The molecule has 1 aliphatic carbocycles. The molecule has 5 rings (SSSR count). The summed E-state index contributed by atoms with van der Waals surface area (Å²) in [5.41, 5.74) is -4.50. The van der Waals surface area contributed by atoms with E-state index in [2.05, 4.69) is 4.98 Å². The number of methoxy groups -OCH3 is 2. The number of hydrogen-bond acceptors (Lipinski definition) is 7. The highest BCUT2D eigenvalue weighted by Gasteiger charge is 2.78. The van der Waals surface area contributed by atoms with Crippen LogP contribution in [0.3, 0.4) is 0 Å². The van der Waals surface area contributed by atoms with Crippen LogP contribution in [-0.2, 0) is 26.9 Å². The molecule has 2 N–H and O–H groups in total. The van der Waals surface area contributed by atoms with Crippen LogP contribution in [-0.4, -0.2) is 41.5 Å². The van der Waals surface area contributed by atoms with Gasteiger partial charge in [-0.3, -0.25) is 9.78 Å². The molecule has 0 amide bonds. The maximum atomic E-state index is 13.4. The van der Waals surface area contributed by atoms with E-state index in [1.165, 1.54) is 31.6 Å². The number of ether oxygens (including phenoxy) is 3. The molecular weight excluding hydrogens is 479 g/mol. The van der Waals surface area contributed by atoms with Gasteiger partial charge in [0.05, 0.1) is 43.7 Å². The second-order valence-corrected chi connectivity index (χ2v) is 8.78. The van der Waals surface area contributed by atoms with Crippen LogP contribution in [0, 0.1) is 5.92 Å². The molecule has 0 saturated heterocycles. The van der Waals surface area contributed by atoms with Gasteiger partial charge in [-0.1, -0.05) is 42.5 Å². The van der Waals surface area contributed by atoms with Gasteiger partial charge in [0, 0.05) is 5.92 Å². The topological polar surface area (TPSA) is 98.1 Å². The van der Waals surface area contributed by atoms with Gasteiger partial charge in [0.25, 0.3) is 0 Å². The molecule has 7 nitrogen and oxygen atoms in total. The molecule has 1 aliphatic heterocycles. The van der Waals surface area contributed by atoms with E-state index in [0.717, 1.165) is 19.2 Å². The monoisotopic (exact) mass is 501 g/mol. The van der Waals surface area contributed by atoms with Crippen molar-refractivity contribution in [1.29, 1.82) is 0 Å². The third-order valence-electron chi connectivity index (χ3n) is 7.15. The lowest BCUT2D eigenvalue weighted by Gasteiger charge is -2.40. The van der Waals surface area contributed by atoms with E-state index in [9.17, 15) is 28.2 Å². The molecule has 1 saturated carbocycles. The van der Waals surface area contributed by atoms with E-state index in [0.29, 0.717) is 5.56 Å². The summed E-state index contributed by atoms with van der Waals surface area (Å²) in [6.45, 7) is 0. The largest absolute Gasteiger partial charge is 0.495 e. The molecule has 188 valence electrons. The Labute approximate surface area is 204 Å². The minimum Gasteiger partial charge on any atom is -0.495 e. The highest BCUT2D eigenvalue weighted by molar-refractivity contribution is 5.78. The number of benzene rings is 2. The van der Waals surface area contributed by atoms with E-state index in [4.69, 9.17) is 14.2 Å². The van der Waals surface area contributed by atoms with Gasteiger partial charge in [0.15, 0.2) is 11.2 Å². The molecule has 0 radical (unpaired) electrons. The van der Waals surface area contributed by atoms with Gasteiger partial charge < -0.3 is 24.4 Å². The van der Waals surface area contributed by atoms with Crippen molar-refractivity contribution in [1.82, 2.24) is 4.98 Å².